The molecule has 6 heteroatoms. The van der Waals surface area contributed by atoms with Crippen LogP contribution in [-0.2, 0) is 17.6 Å². The van der Waals surface area contributed by atoms with Gasteiger partial charge in [0.2, 0.25) is 5.91 Å². The monoisotopic (exact) mass is 395 g/mol. The molecule has 1 N–H and O–H groups in total. The van der Waals surface area contributed by atoms with Crippen molar-refractivity contribution in [1.29, 1.82) is 0 Å². The summed E-state index contributed by atoms with van der Waals surface area (Å²) in [6.45, 7) is 5.01. The van der Waals surface area contributed by atoms with Crippen LogP contribution in [0, 0.1) is 5.92 Å². The van der Waals surface area contributed by atoms with Crippen molar-refractivity contribution in [2.45, 2.75) is 33.1 Å². The van der Waals surface area contributed by atoms with Crippen molar-refractivity contribution in [3.63, 3.8) is 0 Å². The highest BCUT2D eigenvalue weighted by Gasteiger charge is 2.08. The predicted octanol–water partition coefficient (Wildman–Crippen LogP) is 4.63. The van der Waals surface area contributed by atoms with E-state index in [0.717, 1.165) is 24.4 Å². The zero-order valence-electron chi connectivity index (χ0n) is 16.2. The third kappa shape index (κ3) is 6.46. The number of benzene rings is 2. The summed E-state index contributed by atoms with van der Waals surface area (Å²) in [5.74, 6) is 2.07. The second-order valence-corrected chi connectivity index (χ2v) is 7.81. The molecule has 2 aromatic carbocycles. The number of amides is 1. The molecule has 3 rings (SSSR count). The number of carbonyl (C=O) groups excluding carboxylic acids is 1. The van der Waals surface area contributed by atoms with Crippen LogP contribution in [0.25, 0.3) is 0 Å². The Morgan fingerprint density at radius 3 is 2.54 bits per heavy atom. The van der Waals surface area contributed by atoms with E-state index in [0.29, 0.717) is 29.7 Å². The van der Waals surface area contributed by atoms with Gasteiger partial charge in [-0.3, -0.25) is 4.79 Å². The molecule has 0 spiro atoms. The molecule has 0 aliphatic carbocycles. The normalized spacial score (nSPS) is 10.8. The van der Waals surface area contributed by atoms with E-state index in [1.165, 1.54) is 17.1 Å². The fourth-order valence-electron chi connectivity index (χ4n) is 2.65. The summed E-state index contributed by atoms with van der Waals surface area (Å²) < 4.78 is 10.2. The molecule has 0 fully saturated rings. The average Bonchev–Trinajstić information content (AvgIpc) is 3.10. The highest BCUT2D eigenvalue weighted by atomic mass is 32.1. The summed E-state index contributed by atoms with van der Waals surface area (Å²) >= 11 is 1.24. The summed E-state index contributed by atoms with van der Waals surface area (Å²) in [6.07, 6.45) is 2.05. The van der Waals surface area contributed by atoms with Gasteiger partial charge in [0.15, 0.2) is 5.82 Å². The van der Waals surface area contributed by atoms with Crippen LogP contribution < -0.4 is 10.1 Å². The zero-order valence-corrected chi connectivity index (χ0v) is 17.0. The van der Waals surface area contributed by atoms with Gasteiger partial charge in [0, 0.05) is 24.5 Å². The second-order valence-electron chi connectivity index (χ2n) is 7.09. The van der Waals surface area contributed by atoms with Crippen LogP contribution in [0.5, 0.6) is 10.9 Å². The smallest absolute Gasteiger partial charge is 0.298 e. The minimum atomic E-state index is 0.0454. The number of nitrogens with one attached hydrogen (secondary N) is 1. The number of hydrogen-bond donors (Lipinski definition) is 1. The molecule has 146 valence electrons. The fraction of sp³-hybridized carbons (Fsp3) is 0.318. The highest BCUT2D eigenvalue weighted by Crippen LogP contribution is 2.24. The molecular weight excluding hydrogens is 370 g/mol. The Labute approximate surface area is 170 Å². The van der Waals surface area contributed by atoms with E-state index in [9.17, 15) is 4.79 Å². The standard InChI is InChI=1S/C22H25N3O2S/c1-16(2)12-13-23-21(26)15-18-8-10-19(11-9-18)27-22-24-20(25-28-22)14-17-6-4-3-5-7-17/h3-11,16H,12-15H2,1-2H3,(H,23,26). The minimum Gasteiger partial charge on any atom is -0.430 e. The molecule has 5 nitrogen and oxygen atoms in total. The molecule has 1 aromatic heterocycles. The maximum absolute atomic E-state index is 12.0. The molecule has 3 aromatic rings. The number of nitrogens with zero attached hydrogens (tertiary/aromatic N) is 2. The Morgan fingerprint density at radius 2 is 1.82 bits per heavy atom. The van der Waals surface area contributed by atoms with E-state index < -0.39 is 0 Å². The first-order valence-electron chi connectivity index (χ1n) is 9.48. The first kappa shape index (κ1) is 20.0. The Bertz CT molecular complexity index is 876. The van der Waals surface area contributed by atoms with Gasteiger partial charge < -0.3 is 10.1 Å². The molecule has 0 atom stereocenters. The largest absolute Gasteiger partial charge is 0.430 e. The topological polar surface area (TPSA) is 64.1 Å². The van der Waals surface area contributed by atoms with E-state index in [2.05, 4.69) is 40.7 Å². The third-order valence-corrected chi connectivity index (χ3v) is 4.82. The molecule has 0 radical (unpaired) electrons. The molecule has 28 heavy (non-hydrogen) atoms. The molecule has 0 saturated heterocycles. The lowest BCUT2D eigenvalue weighted by atomic mass is 10.1. The molecule has 0 unspecified atom stereocenters. The van der Waals surface area contributed by atoms with Crippen LogP contribution in [0.2, 0.25) is 0 Å². The molecular formula is C22H25N3O2S. The molecule has 0 saturated carbocycles. The van der Waals surface area contributed by atoms with Crippen LogP contribution in [0.1, 0.15) is 37.2 Å². The summed E-state index contributed by atoms with van der Waals surface area (Å²) in [7, 11) is 0. The van der Waals surface area contributed by atoms with Crippen LogP contribution >= 0.6 is 11.5 Å². The summed E-state index contributed by atoms with van der Waals surface area (Å²) in [4.78, 5) is 16.4. The maximum Gasteiger partial charge on any atom is 0.298 e. The summed E-state index contributed by atoms with van der Waals surface area (Å²) in [5, 5.41) is 3.47. The van der Waals surface area contributed by atoms with Crippen molar-refractivity contribution in [3.8, 4) is 10.9 Å². The molecule has 0 aliphatic rings. The molecule has 1 heterocycles. The number of aromatic nitrogens is 2. The zero-order chi connectivity index (χ0) is 19.8. The number of hydrogen-bond acceptors (Lipinski definition) is 5. The molecule has 0 aliphatic heterocycles. The first-order chi connectivity index (χ1) is 13.6. The van der Waals surface area contributed by atoms with Crippen LogP contribution in [0.15, 0.2) is 54.6 Å². The quantitative estimate of drug-likeness (QED) is 0.574. The number of ether oxygens (including phenoxy) is 1. The van der Waals surface area contributed by atoms with E-state index in [1.807, 2.05) is 42.5 Å². The lowest BCUT2D eigenvalue weighted by molar-refractivity contribution is -0.120. The maximum atomic E-state index is 12.0. The average molecular weight is 396 g/mol. The first-order valence-corrected chi connectivity index (χ1v) is 10.3. The van der Waals surface area contributed by atoms with Crippen molar-refractivity contribution >= 4 is 17.4 Å². The predicted molar refractivity (Wildman–Crippen MR) is 112 cm³/mol. The number of carbonyl (C=O) groups is 1. The van der Waals surface area contributed by atoms with Crippen molar-refractivity contribution in [3.05, 3.63) is 71.5 Å². The third-order valence-electron chi connectivity index (χ3n) is 4.19. The van der Waals surface area contributed by atoms with Gasteiger partial charge in [-0.05, 0) is 35.6 Å². The minimum absolute atomic E-state index is 0.0454. The van der Waals surface area contributed by atoms with Gasteiger partial charge >= 0.3 is 0 Å². The van der Waals surface area contributed by atoms with E-state index >= 15 is 0 Å². The van der Waals surface area contributed by atoms with Crippen molar-refractivity contribution in [2.24, 2.45) is 5.92 Å². The lowest BCUT2D eigenvalue weighted by Crippen LogP contribution is -2.26. The van der Waals surface area contributed by atoms with Gasteiger partial charge in [-0.15, -0.1) is 0 Å². The van der Waals surface area contributed by atoms with Crippen molar-refractivity contribution in [2.75, 3.05) is 6.54 Å². The SMILES string of the molecule is CC(C)CCNC(=O)Cc1ccc(Oc2nc(Cc3ccccc3)ns2)cc1. The van der Waals surface area contributed by atoms with Crippen molar-refractivity contribution in [1.82, 2.24) is 14.7 Å². The van der Waals surface area contributed by atoms with Gasteiger partial charge in [-0.25, -0.2) is 0 Å². The van der Waals surface area contributed by atoms with E-state index in [1.54, 1.807) is 0 Å². The Balaban J connectivity index is 1.50. The van der Waals surface area contributed by atoms with E-state index in [-0.39, 0.29) is 5.91 Å². The number of rotatable bonds is 9. The van der Waals surface area contributed by atoms with Gasteiger partial charge in [0.1, 0.15) is 5.75 Å². The second kappa shape index (κ2) is 9.99. The Morgan fingerprint density at radius 1 is 1.07 bits per heavy atom. The Hall–Kier alpha value is -2.73. The Kier molecular flexibility index (Phi) is 7.14. The van der Waals surface area contributed by atoms with Gasteiger partial charge in [0.05, 0.1) is 6.42 Å². The summed E-state index contributed by atoms with van der Waals surface area (Å²) in [5.41, 5.74) is 2.12. The highest BCUT2D eigenvalue weighted by molar-refractivity contribution is 7.07. The molecule has 1 amide bonds. The van der Waals surface area contributed by atoms with Crippen molar-refractivity contribution < 1.29 is 9.53 Å². The lowest BCUT2D eigenvalue weighted by Gasteiger charge is -2.07. The van der Waals surface area contributed by atoms with E-state index in [4.69, 9.17) is 4.74 Å². The van der Waals surface area contributed by atoms with Crippen LogP contribution in [0.4, 0.5) is 0 Å². The van der Waals surface area contributed by atoms with Crippen LogP contribution in [-0.4, -0.2) is 21.8 Å². The van der Waals surface area contributed by atoms with Gasteiger partial charge in [-0.1, -0.05) is 56.3 Å². The van der Waals surface area contributed by atoms with Gasteiger partial charge in [-0.2, -0.15) is 9.36 Å². The summed E-state index contributed by atoms with van der Waals surface area (Å²) in [6, 6.07) is 17.6. The fourth-order valence-corrected chi connectivity index (χ4v) is 3.22. The van der Waals surface area contributed by atoms with Crippen LogP contribution in [0.3, 0.4) is 0 Å². The van der Waals surface area contributed by atoms with Gasteiger partial charge in [0.25, 0.3) is 5.19 Å². The molecule has 0 bridgehead atoms.